The van der Waals surface area contributed by atoms with Gasteiger partial charge in [-0.25, -0.2) is 9.78 Å². The fourth-order valence-corrected chi connectivity index (χ4v) is 7.51. The van der Waals surface area contributed by atoms with Gasteiger partial charge >= 0.3 is 11.9 Å². The molecule has 3 heterocycles. The Morgan fingerprint density at radius 1 is 1.40 bits per heavy atom. The van der Waals surface area contributed by atoms with Crippen molar-refractivity contribution in [2.24, 2.45) is 5.73 Å². The van der Waals surface area contributed by atoms with Gasteiger partial charge in [-0.1, -0.05) is 43.4 Å². The molecule has 0 radical (unpaired) electrons. The molecule has 3 N–H and O–H groups in total. The summed E-state index contributed by atoms with van der Waals surface area (Å²) in [6.07, 6.45) is 2.44. The van der Waals surface area contributed by atoms with Crippen molar-refractivity contribution in [3.8, 4) is 0 Å². The number of cyclic esters (lactones) is 1. The van der Waals surface area contributed by atoms with Crippen molar-refractivity contribution >= 4 is 48.6 Å². The lowest BCUT2D eigenvalue weighted by molar-refractivity contribution is -0.179. The highest BCUT2D eigenvalue weighted by molar-refractivity contribution is 6.94. The van der Waals surface area contributed by atoms with E-state index in [1.165, 1.54) is 10.8 Å². The Morgan fingerprint density at radius 3 is 2.86 bits per heavy atom. The van der Waals surface area contributed by atoms with E-state index in [9.17, 15) is 14.7 Å². The Labute approximate surface area is 208 Å². The number of hydrogen-bond acceptors (Lipinski definition) is 7. The number of ether oxygens (including phenoxy) is 2. The van der Waals surface area contributed by atoms with Gasteiger partial charge in [0.25, 0.3) is 0 Å². The summed E-state index contributed by atoms with van der Waals surface area (Å²) in [7, 11) is -1.85. The molecule has 2 aliphatic heterocycles. The molecule has 1 unspecified atom stereocenters. The van der Waals surface area contributed by atoms with E-state index in [4.69, 9.17) is 31.8 Å². The summed E-state index contributed by atoms with van der Waals surface area (Å²) in [6, 6.07) is 6.28. The summed E-state index contributed by atoms with van der Waals surface area (Å²) in [6.45, 7) is 6.33. The first kappa shape index (κ1) is 23.8. The van der Waals surface area contributed by atoms with Gasteiger partial charge in [0.2, 0.25) is 5.60 Å². The second kappa shape index (κ2) is 8.36. The number of aliphatic hydroxyl groups excluding tert-OH is 1. The Kier molecular flexibility index (Phi) is 5.69. The zero-order chi connectivity index (χ0) is 25.1. The standard InChI is InChI=1S/C25H28ClN3O5Si/c1-4-25(34-21(30)10-27)17-9-18-22(23(31)16(17)12-33-24(25)32)29-11-15-14(8-20(29)28-18)6-5-7-19(15)35(2,3)13-26/h5-8,31H,4,9-13,27H2,1-3H3. The molecule has 184 valence electrons. The maximum atomic E-state index is 12.9. The number of aliphatic hydroxyl groups is 1. The van der Waals surface area contributed by atoms with E-state index in [2.05, 4.69) is 31.3 Å². The van der Waals surface area contributed by atoms with Crippen LogP contribution in [0.3, 0.4) is 0 Å². The van der Waals surface area contributed by atoms with Crippen LogP contribution in [0.5, 0.6) is 0 Å². The number of hydrogen-bond donors (Lipinski definition) is 2. The molecule has 5 rings (SSSR count). The largest absolute Gasteiger partial charge is 0.505 e. The third kappa shape index (κ3) is 3.48. The first-order chi connectivity index (χ1) is 16.7. The number of carbonyl (C=O) groups excluding carboxylic acids is 2. The van der Waals surface area contributed by atoms with Crippen molar-refractivity contribution in [2.45, 2.75) is 45.0 Å². The molecule has 0 bridgehead atoms. The maximum Gasteiger partial charge on any atom is 0.355 e. The molecule has 1 aromatic carbocycles. The average molecular weight is 514 g/mol. The lowest BCUT2D eigenvalue weighted by atomic mass is 9.80. The molecule has 1 aliphatic carbocycles. The maximum absolute atomic E-state index is 12.9. The Balaban J connectivity index is 1.69. The minimum absolute atomic E-state index is 0.00250. The van der Waals surface area contributed by atoms with Crippen LogP contribution in [0, 0.1) is 0 Å². The van der Waals surface area contributed by atoms with E-state index in [1.54, 1.807) is 6.92 Å². The molecule has 1 aromatic heterocycles. The van der Waals surface area contributed by atoms with E-state index in [0.29, 0.717) is 34.2 Å². The van der Waals surface area contributed by atoms with Crippen LogP contribution in [0.25, 0.3) is 11.8 Å². The van der Waals surface area contributed by atoms with Crippen molar-refractivity contribution in [3.63, 3.8) is 0 Å². The first-order valence-electron chi connectivity index (χ1n) is 11.7. The second-order valence-corrected chi connectivity index (χ2v) is 15.2. The van der Waals surface area contributed by atoms with E-state index in [0.717, 1.165) is 11.0 Å². The number of imidazole rings is 1. The fourth-order valence-electron chi connectivity index (χ4n) is 5.35. The monoisotopic (exact) mass is 513 g/mol. The molecule has 1 atom stereocenters. The smallest absolute Gasteiger partial charge is 0.355 e. The van der Waals surface area contributed by atoms with Crippen LogP contribution in [0.4, 0.5) is 0 Å². The Bertz CT molecular complexity index is 1430. The molecule has 35 heavy (non-hydrogen) atoms. The summed E-state index contributed by atoms with van der Waals surface area (Å²) < 4.78 is 13.0. The molecule has 10 heteroatoms. The van der Waals surface area contributed by atoms with Crippen molar-refractivity contribution in [3.05, 3.63) is 57.0 Å². The molecule has 8 nitrogen and oxygen atoms in total. The van der Waals surface area contributed by atoms with Gasteiger partial charge in [0.05, 0.1) is 26.9 Å². The van der Waals surface area contributed by atoms with Crippen LogP contribution in [-0.4, -0.2) is 58.9 Å². The van der Waals surface area contributed by atoms with Gasteiger partial charge in [0.15, 0.2) is 0 Å². The van der Waals surface area contributed by atoms with Crippen LogP contribution < -0.4 is 21.7 Å². The number of aromatic nitrogens is 2. The first-order valence-corrected chi connectivity index (χ1v) is 15.4. The van der Waals surface area contributed by atoms with Crippen LogP contribution in [0.1, 0.15) is 30.2 Å². The molecule has 0 saturated heterocycles. The highest BCUT2D eigenvalue weighted by Gasteiger charge is 2.52. The van der Waals surface area contributed by atoms with Gasteiger partial charge < -0.3 is 24.9 Å². The van der Waals surface area contributed by atoms with Crippen molar-refractivity contribution in [1.29, 1.82) is 0 Å². The summed E-state index contributed by atoms with van der Waals surface area (Å²) in [5.74, 6) is -1.37. The number of fused-ring (bicyclic) bond motifs is 4. The molecule has 0 fully saturated rings. The average Bonchev–Trinajstić information content (AvgIpc) is 3.21. The third-order valence-corrected chi connectivity index (χ3v) is 11.9. The number of carbonyl (C=O) groups is 2. The number of alkyl halides is 1. The number of nitrogens with zero attached hydrogens (tertiary/aromatic N) is 2. The molecule has 0 amide bonds. The van der Waals surface area contributed by atoms with Crippen LogP contribution in [0.2, 0.25) is 13.1 Å². The van der Waals surface area contributed by atoms with E-state index in [-0.39, 0.29) is 31.8 Å². The Hall–Kier alpha value is -2.88. The predicted octanol–water partition coefficient (Wildman–Crippen LogP) is 0.493. The summed E-state index contributed by atoms with van der Waals surface area (Å²) >= 11 is 6.36. The minimum atomic E-state index is -1.85. The highest BCUT2D eigenvalue weighted by atomic mass is 35.5. The quantitative estimate of drug-likeness (QED) is 0.290. The number of rotatable bonds is 5. The zero-order valence-electron chi connectivity index (χ0n) is 20.0. The van der Waals surface area contributed by atoms with Gasteiger partial charge in [-0.15, -0.1) is 11.6 Å². The van der Waals surface area contributed by atoms with Crippen LogP contribution in [-0.2, 0) is 32.0 Å². The van der Waals surface area contributed by atoms with Gasteiger partial charge in [-0.3, -0.25) is 4.79 Å². The fraction of sp³-hybridized carbons (Fsp3) is 0.400. The van der Waals surface area contributed by atoms with Gasteiger partial charge in [0.1, 0.15) is 23.2 Å². The van der Waals surface area contributed by atoms with E-state index < -0.39 is 25.6 Å². The van der Waals surface area contributed by atoms with Crippen LogP contribution >= 0.6 is 11.6 Å². The predicted molar refractivity (Wildman–Crippen MR) is 134 cm³/mol. The summed E-state index contributed by atoms with van der Waals surface area (Å²) in [5.41, 5.74) is 9.05. The van der Waals surface area contributed by atoms with Gasteiger partial charge in [-0.2, -0.15) is 0 Å². The topological polar surface area (TPSA) is 117 Å². The normalized spacial score (nSPS) is 20.8. The van der Waals surface area contributed by atoms with Crippen molar-refractivity contribution in [1.82, 2.24) is 9.55 Å². The minimum Gasteiger partial charge on any atom is -0.505 e. The zero-order valence-corrected chi connectivity index (χ0v) is 21.7. The highest BCUT2D eigenvalue weighted by Crippen LogP contribution is 2.39. The second-order valence-electron chi connectivity index (χ2n) is 9.80. The van der Waals surface area contributed by atoms with Crippen molar-refractivity contribution in [2.75, 3.05) is 18.7 Å². The number of halogens is 1. The molecule has 0 spiro atoms. The third-order valence-electron chi connectivity index (χ3n) is 7.28. The van der Waals surface area contributed by atoms with E-state index >= 15 is 0 Å². The summed E-state index contributed by atoms with van der Waals surface area (Å²) in [5, 5.41) is 13.3. The van der Waals surface area contributed by atoms with Crippen LogP contribution in [0.15, 0.2) is 29.3 Å². The molecular weight excluding hydrogens is 486 g/mol. The number of benzene rings is 1. The lowest BCUT2D eigenvalue weighted by Crippen LogP contribution is -2.52. The Morgan fingerprint density at radius 2 is 2.17 bits per heavy atom. The molecular formula is C25H28ClN3O5Si. The van der Waals surface area contributed by atoms with E-state index in [1.807, 2.05) is 10.6 Å². The molecule has 3 aliphatic rings. The van der Waals surface area contributed by atoms with Gasteiger partial charge in [-0.05, 0) is 23.6 Å². The molecule has 2 aromatic rings. The summed E-state index contributed by atoms with van der Waals surface area (Å²) in [4.78, 5) is 29.8. The number of esters is 2. The SMILES string of the molecule is CCC1(OC(=O)CN)C(=O)OCC2=C1Cc1nc3n(c1=C2O)Cc1c(cccc1[Si](C)(C)CCl)C=3. The molecule has 0 saturated carbocycles. The van der Waals surface area contributed by atoms with Gasteiger partial charge in [0, 0.05) is 23.1 Å². The number of nitrogens with two attached hydrogens (primary N) is 1. The lowest BCUT2D eigenvalue weighted by Gasteiger charge is -2.38. The van der Waals surface area contributed by atoms with Crippen molar-refractivity contribution < 1.29 is 24.2 Å².